The smallest absolute Gasteiger partial charge is 0.407 e. The summed E-state index contributed by atoms with van der Waals surface area (Å²) in [6.45, 7) is 3.14. The molecule has 1 aliphatic carbocycles. The van der Waals surface area contributed by atoms with Crippen LogP contribution in [0.25, 0.3) is 11.1 Å². The van der Waals surface area contributed by atoms with Crippen LogP contribution in [-0.4, -0.2) is 24.7 Å². The zero-order chi connectivity index (χ0) is 26.9. The van der Waals surface area contributed by atoms with Crippen molar-refractivity contribution in [3.05, 3.63) is 88.7 Å². The molecule has 194 valence electrons. The van der Waals surface area contributed by atoms with E-state index in [2.05, 4.69) is 10.1 Å². The number of alkyl carbamates (subject to hydrolysis) is 1. The van der Waals surface area contributed by atoms with Crippen molar-refractivity contribution in [3.8, 4) is 16.9 Å². The summed E-state index contributed by atoms with van der Waals surface area (Å²) < 4.78 is 78.2. The van der Waals surface area contributed by atoms with Gasteiger partial charge >= 0.3 is 12.1 Å². The van der Waals surface area contributed by atoms with Crippen LogP contribution in [0.1, 0.15) is 37.3 Å². The van der Waals surface area contributed by atoms with Gasteiger partial charge in [-0.3, -0.25) is 0 Å². The van der Waals surface area contributed by atoms with Crippen molar-refractivity contribution in [1.82, 2.24) is 5.32 Å². The molecule has 1 amide bonds. The molecule has 0 fully saturated rings. The van der Waals surface area contributed by atoms with E-state index in [4.69, 9.17) is 4.74 Å². The lowest BCUT2D eigenvalue weighted by molar-refractivity contribution is -0.138. The number of fused-ring (bicyclic) bond motifs is 3. The molecule has 0 aromatic heterocycles. The zero-order valence-electron chi connectivity index (χ0n) is 19.8. The van der Waals surface area contributed by atoms with Crippen LogP contribution in [0.15, 0.2) is 48.5 Å². The first-order valence-corrected chi connectivity index (χ1v) is 11.5. The van der Waals surface area contributed by atoms with Gasteiger partial charge in [0, 0.05) is 5.92 Å². The Kier molecular flexibility index (Phi) is 7.47. The highest BCUT2D eigenvalue weighted by atomic mass is 19.2. The second-order valence-corrected chi connectivity index (χ2v) is 8.65. The fraction of sp³-hybridized carbons (Fsp3) is 0.259. The van der Waals surface area contributed by atoms with Crippen LogP contribution in [0.4, 0.5) is 26.7 Å². The summed E-state index contributed by atoms with van der Waals surface area (Å²) in [6.07, 6.45) is -0.706. The summed E-state index contributed by atoms with van der Waals surface area (Å²) in [5, 5.41) is 2.30. The largest absolute Gasteiger partial charge is 0.449 e. The SMILES string of the molecule is CC[C@@H](C)[C@@H](NC(=O)OCC1c2ccccc2-c2ccccc21)C(=O)Oc1c(F)c(F)c(F)c(F)c1F. The summed E-state index contributed by atoms with van der Waals surface area (Å²) in [6, 6.07) is 13.8. The molecule has 1 N–H and O–H groups in total. The van der Waals surface area contributed by atoms with Crippen LogP contribution in [0.3, 0.4) is 0 Å². The topological polar surface area (TPSA) is 64.6 Å². The molecule has 0 heterocycles. The van der Waals surface area contributed by atoms with E-state index in [0.717, 1.165) is 22.3 Å². The van der Waals surface area contributed by atoms with Gasteiger partial charge in [-0.2, -0.15) is 8.78 Å². The molecule has 0 saturated heterocycles. The monoisotopic (exact) mass is 519 g/mol. The molecule has 0 radical (unpaired) electrons. The average Bonchev–Trinajstić information content (AvgIpc) is 3.23. The van der Waals surface area contributed by atoms with Gasteiger partial charge in [0.05, 0.1) is 0 Å². The third-order valence-electron chi connectivity index (χ3n) is 6.46. The Labute approximate surface area is 209 Å². The van der Waals surface area contributed by atoms with E-state index in [0.29, 0.717) is 6.42 Å². The first-order chi connectivity index (χ1) is 17.6. The second kappa shape index (κ2) is 10.6. The van der Waals surface area contributed by atoms with E-state index in [1.54, 1.807) is 6.92 Å². The van der Waals surface area contributed by atoms with Gasteiger partial charge in [-0.1, -0.05) is 68.8 Å². The number of halogens is 5. The third kappa shape index (κ3) is 4.87. The standard InChI is InChI=1S/C27H22F5NO4/c1-3-13(2)24(26(34)37-25-22(31)20(29)19(28)21(30)23(25)32)33-27(35)36-12-18-16-10-6-4-8-14(16)15-9-5-7-11-17(15)18/h4-11,13,18,24H,3,12H2,1-2H3,(H,33,35)/t13-,24-/m1/s1. The van der Waals surface area contributed by atoms with E-state index < -0.39 is 58.9 Å². The van der Waals surface area contributed by atoms with Gasteiger partial charge in [-0.15, -0.1) is 0 Å². The molecule has 0 spiro atoms. The Bertz CT molecular complexity index is 1290. The Morgan fingerprint density at radius 2 is 1.32 bits per heavy atom. The van der Waals surface area contributed by atoms with E-state index in [9.17, 15) is 31.5 Å². The van der Waals surface area contributed by atoms with Crippen molar-refractivity contribution in [2.24, 2.45) is 5.92 Å². The summed E-state index contributed by atoms with van der Waals surface area (Å²) in [5.74, 6) is -15.5. The minimum Gasteiger partial charge on any atom is -0.449 e. The highest BCUT2D eigenvalue weighted by molar-refractivity contribution is 5.83. The maximum atomic E-state index is 14.0. The van der Waals surface area contributed by atoms with Crippen molar-refractivity contribution in [2.45, 2.75) is 32.2 Å². The van der Waals surface area contributed by atoms with Crippen LogP contribution in [0.2, 0.25) is 0 Å². The summed E-state index contributed by atoms with van der Waals surface area (Å²) in [7, 11) is 0. The molecule has 37 heavy (non-hydrogen) atoms. The van der Waals surface area contributed by atoms with Crippen LogP contribution in [0, 0.1) is 35.0 Å². The number of nitrogens with one attached hydrogen (secondary N) is 1. The molecule has 5 nitrogen and oxygen atoms in total. The molecular formula is C27H22F5NO4. The fourth-order valence-corrected chi connectivity index (χ4v) is 4.27. The number of rotatable bonds is 7. The summed E-state index contributed by atoms with van der Waals surface area (Å²) in [4.78, 5) is 25.3. The van der Waals surface area contributed by atoms with Gasteiger partial charge in [-0.05, 0) is 28.2 Å². The van der Waals surface area contributed by atoms with Crippen molar-refractivity contribution in [3.63, 3.8) is 0 Å². The molecule has 2 atom stereocenters. The van der Waals surface area contributed by atoms with E-state index >= 15 is 0 Å². The molecule has 0 unspecified atom stereocenters. The second-order valence-electron chi connectivity index (χ2n) is 8.65. The fourth-order valence-electron chi connectivity index (χ4n) is 4.27. The van der Waals surface area contributed by atoms with Gasteiger partial charge in [0.15, 0.2) is 0 Å². The molecule has 0 bridgehead atoms. The Morgan fingerprint density at radius 1 is 0.838 bits per heavy atom. The van der Waals surface area contributed by atoms with E-state index in [1.807, 2.05) is 48.5 Å². The van der Waals surface area contributed by atoms with Crippen LogP contribution in [0.5, 0.6) is 5.75 Å². The number of carbonyl (C=O) groups is 2. The third-order valence-corrected chi connectivity index (χ3v) is 6.46. The molecule has 4 rings (SSSR count). The first kappa shape index (κ1) is 26.1. The Hall–Kier alpha value is -3.95. The van der Waals surface area contributed by atoms with E-state index in [1.165, 1.54) is 6.92 Å². The van der Waals surface area contributed by atoms with Crippen molar-refractivity contribution in [1.29, 1.82) is 0 Å². The van der Waals surface area contributed by atoms with Gasteiger partial charge in [0.2, 0.25) is 34.8 Å². The number of esters is 1. The lowest BCUT2D eigenvalue weighted by atomic mass is 9.98. The first-order valence-electron chi connectivity index (χ1n) is 11.5. The summed E-state index contributed by atoms with van der Waals surface area (Å²) in [5.41, 5.74) is 3.94. The average molecular weight is 519 g/mol. The molecule has 0 saturated carbocycles. The Morgan fingerprint density at radius 3 is 1.84 bits per heavy atom. The predicted molar refractivity (Wildman–Crippen MR) is 123 cm³/mol. The molecular weight excluding hydrogens is 497 g/mol. The number of hydrogen-bond donors (Lipinski definition) is 1. The lowest BCUT2D eigenvalue weighted by Crippen LogP contribution is -2.47. The Balaban J connectivity index is 1.49. The van der Waals surface area contributed by atoms with E-state index in [-0.39, 0.29) is 12.5 Å². The highest BCUT2D eigenvalue weighted by Gasteiger charge is 2.34. The molecule has 1 aliphatic rings. The van der Waals surface area contributed by atoms with Gasteiger partial charge in [-0.25, -0.2) is 22.8 Å². The van der Waals surface area contributed by atoms with Gasteiger partial charge < -0.3 is 14.8 Å². The molecule has 3 aromatic rings. The van der Waals surface area contributed by atoms with Gasteiger partial charge in [0.25, 0.3) is 0 Å². The number of amides is 1. The quantitative estimate of drug-likeness (QED) is 0.132. The highest BCUT2D eigenvalue weighted by Crippen LogP contribution is 2.44. The van der Waals surface area contributed by atoms with Crippen molar-refractivity contribution < 1.29 is 41.0 Å². The van der Waals surface area contributed by atoms with Crippen molar-refractivity contribution >= 4 is 12.1 Å². The zero-order valence-corrected chi connectivity index (χ0v) is 19.8. The van der Waals surface area contributed by atoms with Crippen molar-refractivity contribution in [2.75, 3.05) is 6.61 Å². The van der Waals surface area contributed by atoms with Gasteiger partial charge in [0.1, 0.15) is 12.6 Å². The number of carbonyl (C=O) groups excluding carboxylic acids is 2. The van der Waals surface area contributed by atoms with Crippen LogP contribution in [-0.2, 0) is 9.53 Å². The number of hydrogen-bond acceptors (Lipinski definition) is 4. The number of benzene rings is 3. The molecule has 10 heteroatoms. The van der Waals surface area contributed by atoms with Crippen LogP contribution < -0.4 is 10.1 Å². The van der Waals surface area contributed by atoms with Crippen LogP contribution >= 0.6 is 0 Å². The minimum absolute atomic E-state index is 0.0697. The maximum absolute atomic E-state index is 14.0. The lowest BCUT2D eigenvalue weighted by Gasteiger charge is -2.23. The predicted octanol–water partition coefficient (Wildman–Crippen LogP) is 6.24. The molecule has 0 aliphatic heterocycles. The molecule has 3 aromatic carbocycles. The minimum atomic E-state index is -2.38. The maximum Gasteiger partial charge on any atom is 0.407 e. The number of ether oxygens (including phenoxy) is 2. The normalized spacial score (nSPS) is 13.9. The summed E-state index contributed by atoms with van der Waals surface area (Å²) >= 11 is 0.